The van der Waals surface area contributed by atoms with Crippen LogP contribution in [0.2, 0.25) is 0 Å². The predicted octanol–water partition coefficient (Wildman–Crippen LogP) is 2.41. The molecule has 0 saturated carbocycles. The summed E-state index contributed by atoms with van der Waals surface area (Å²) in [4.78, 5) is 24.1. The first-order chi connectivity index (χ1) is 10.5. The normalized spacial score (nSPS) is 17.4. The van der Waals surface area contributed by atoms with E-state index in [-0.39, 0.29) is 17.7 Å². The molecule has 0 bridgehead atoms. The summed E-state index contributed by atoms with van der Waals surface area (Å²) >= 11 is 0. The highest BCUT2D eigenvalue weighted by atomic mass is 16.5. The van der Waals surface area contributed by atoms with Gasteiger partial charge in [0.15, 0.2) is 0 Å². The molecule has 1 aromatic carbocycles. The highest BCUT2D eigenvalue weighted by Gasteiger charge is 2.24. The zero-order chi connectivity index (χ0) is 16.1. The maximum atomic E-state index is 12.2. The zero-order valence-corrected chi connectivity index (χ0v) is 13.1. The maximum absolute atomic E-state index is 12.2. The number of amides is 2. The third-order valence-corrected chi connectivity index (χ3v) is 3.49. The van der Waals surface area contributed by atoms with Crippen molar-refractivity contribution in [2.45, 2.75) is 32.8 Å². The fraction of sp³-hybridized carbons (Fsp3) is 0.500. The standard InChI is InChI=1S/C16H22N2O4/c1-10(2)15(19)18-13-9-11(21-3)6-7-12(13)17-16(20)14-5-4-8-22-14/h6-7,9-10,14H,4-5,8H2,1-3H3,(H,17,20)(H,18,19)/t14-/m0/s1. The zero-order valence-electron chi connectivity index (χ0n) is 13.1. The first-order valence-electron chi connectivity index (χ1n) is 7.42. The van der Waals surface area contributed by atoms with Crippen molar-refractivity contribution >= 4 is 23.2 Å². The Morgan fingerprint density at radius 1 is 1.27 bits per heavy atom. The molecule has 0 aromatic heterocycles. The number of hydrogen-bond acceptors (Lipinski definition) is 4. The molecule has 2 amide bonds. The number of nitrogens with one attached hydrogen (secondary N) is 2. The van der Waals surface area contributed by atoms with Gasteiger partial charge in [-0.15, -0.1) is 0 Å². The molecule has 1 atom stereocenters. The van der Waals surface area contributed by atoms with E-state index in [9.17, 15) is 9.59 Å². The van der Waals surface area contributed by atoms with Gasteiger partial charge in [0, 0.05) is 18.6 Å². The van der Waals surface area contributed by atoms with Gasteiger partial charge in [0.05, 0.1) is 18.5 Å². The number of methoxy groups -OCH3 is 1. The predicted molar refractivity (Wildman–Crippen MR) is 84.1 cm³/mol. The maximum Gasteiger partial charge on any atom is 0.253 e. The minimum Gasteiger partial charge on any atom is -0.497 e. The lowest BCUT2D eigenvalue weighted by Gasteiger charge is -2.16. The van der Waals surface area contributed by atoms with Gasteiger partial charge in [-0.3, -0.25) is 9.59 Å². The molecule has 1 fully saturated rings. The van der Waals surface area contributed by atoms with E-state index in [0.717, 1.165) is 12.8 Å². The van der Waals surface area contributed by atoms with Gasteiger partial charge in [-0.05, 0) is 25.0 Å². The fourth-order valence-electron chi connectivity index (χ4n) is 2.14. The van der Waals surface area contributed by atoms with Crippen LogP contribution in [-0.4, -0.2) is 31.6 Å². The van der Waals surface area contributed by atoms with Crippen LogP contribution >= 0.6 is 0 Å². The summed E-state index contributed by atoms with van der Waals surface area (Å²) in [5.74, 6) is 0.130. The van der Waals surface area contributed by atoms with E-state index >= 15 is 0 Å². The summed E-state index contributed by atoms with van der Waals surface area (Å²) in [6.07, 6.45) is 1.18. The van der Waals surface area contributed by atoms with Gasteiger partial charge in [0.25, 0.3) is 5.91 Å². The molecule has 1 aromatic rings. The van der Waals surface area contributed by atoms with Crippen LogP contribution in [0.25, 0.3) is 0 Å². The van der Waals surface area contributed by atoms with Crippen LogP contribution in [0.15, 0.2) is 18.2 Å². The highest BCUT2D eigenvalue weighted by Crippen LogP contribution is 2.28. The SMILES string of the molecule is COc1ccc(NC(=O)[C@@H]2CCCO2)c(NC(=O)C(C)C)c1. The van der Waals surface area contributed by atoms with Gasteiger partial charge in [-0.1, -0.05) is 13.8 Å². The Morgan fingerprint density at radius 3 is 2.64 bits per heavy atom. The van der Waals surface area contributed by atoms with E-state index in [1.165, 1.54) is 0 Å². The average molecular weight is 306 g/mol. The van der Waals surface area contributed by atoms with Crippen molar-refractivity contribution in [1.29, 1.82) is 0 Å². The van der Waals surface area contributed by atoms with Crippen LogP contribution in [0, 0.1) is 5.92 Å². The molecule has 1 aliphatic heterocycles. The molecule has 2 N–H and O–H groups in total. The Kier molecular flexibility index (Phi) is 5.38. The van der Waals surface area contributed by atoms with Crippen molar-refractivity contribution in [2.75, 3.05) is 24.4 Å². The van der Waals surface area contributed by atoms with E-state index in [1.807, 2.05) is 0 Å². The van der Waals surface area contributed by atoms with Crippen molar-refractivity contribution in [3.63, 3.8) is 0 Å². The molecular weight excluding hydrogens is 284 g/mol. The summed E-state index contributed by atoms with van der Waals surface area (Å²) in [7, 11) is 1.55. The van der Waals surface area contributed by atoms with E-state index in [0.29, 0.717) is 23.7 Å². The quantitative estimate of drug-likeness (QED) is 0.876. The Hall–Kier alpha value is -2.08. The van der Waals surface area contributed by atoms with Crippen molar-refractivity contribution in [1.82, 2.24) is 0 Å². The molecule has 1 aliphatic rings. The van der Waals surface area contributed by atoms with Crippen molar-refractivity contribution in [2.24, 2.45) is 5.92 Å². The summed E-state index contributed by atoms with van der Waals surface area (Å²) in [5, 5.41) is 5.62. The molecule has 22 heavy (non-hydrogen) atoms. The Bertz CT molecular complexity index is 551. The molecule has 0 radical (unpaired) electrons. The van der Waals surface area contributed by atoms with Crippen LogP contribution in [0.3, 0.4) is 0 Å². The van der Waals surface area contributed by atoms with Crippen molar-refractivity contribution in [3.8, 4) is 5.75 Å². The number of ether oxygens (including phenoxy) is 2. The number of hydrogen-bond donors (Lipinski definition) is 2. The molecule has 1 heterocycles. The molecule has 1 saturated heterocycles. The summed E-state index contributed by atoms with van der Waals surface area (Å²) in [5.41, 5.74) is 1.06. The molecular formula is C16H22N2O4. The van der Waals surface area contributed by atoms with Crippen LogP contribution in [-0.2, 0) is 14.3 Å². The van der Waals surface area contributed by atoms with E-state index in [1.54, 1.807) is 39.2 Å². The third kappa shape index (κ3) is 3.98. The van der Waals surface area contributed by atoms with Crippen molar-refractivity contribution < 1.29 is 19.1 Å². The van der Waals surface area contributed by atoms with Gasteiger partial charge in [-0.25, -0.2) is 0 Å². The second-order valence-electron chi connectivity index (χ2n) is 5.55. The number of anilines is 2. The first kappa shape index (κ1) is 16.3. The summed E-state index contributed by atoms with van der Waals surface area (Å²) in [6, 6.07) is 5.13. The van der Waals surface area contributed by atoms with Gasteiger partial charge in [-0.2, -0.15) is 0 Å². The summed E-state index contributed by atoms with van der Waals surface area (Å²) in [6.45, 7) is 4.22. The van der Waals surface area contributed by atoms with Crippen LogP contribution < -0.4 is 15.4 Å². The van der Waals surface area contributed by atoms with E-state index in [2.05, 4.69) is 10.6 Å². The van der Waals surface area contributed by atoms with E-state index < -0.39 is 6.10 Å². The van der Waals surface area contributed by atoms with Gasteiger partial charge >= 0.3 is 0 Å². The second-order valence-corrected chi connectivity index (χ2v) is 5.55. The minimum absolute atomic E-state index is 0.124. The molecule has 0 aliphatic carbocycles. The fourth-order valence-corrected chi connectivity index (χ4v) is 2.14. The first-order valence-corrected chi connectivity index (χ1v) is 7.42. The lowest BCUT2D eigenvalue weighted by molar-refractivity contribution is -0.124. The lowest BCUT2D eigenvalue weighted by Crippen LogP contribution is -2.27. The summed E-state index contributed by atoms with van der Waals surface area (Å²) < 4.78 is 10.5. The van der Waals surface area contributed by atoms with Crippen LogP contribution in [0.5, 0.6) is 5.75 Å². The third-order valence-electron chi connectivity index (χ3n) is 3.49. The largest absolute Gasteiger partial charge is 0.497 e. The minimum atomic E-state index is -0.421. The van der Waals surface area contributed by atoms with Crippen LogP contribution in [0.4, 0.5) is 11.4 Å². The molecule has 6 heteroatoms. The number of benzene rings is 1. The number of carbonyl (C=O) groups is 2. The van der Waals surface area contributed by atoms with Gasteiger partial charge in [0.1, 0.15) is 11.9 Å². The Balaban J connectivity index is 2.17. The smallest absolute Gasteiger partial charge is 0.253 e. The monoisotopic (exact) mass is 306 g/mol. The lowest BCUT2D eigenvalue weighted by atomic mass is 10.1. The second kappa shape index (κ2) is 7.26. The van der Waals surface area contributed by atoms with Gasteiger partial charge < -0.3 is 20.1 Å². The van der Waals surface area contributed by atoms with Crippen molar-refractivity contribution in [3.05, 3.63) is 18.2 Å². The Morgan fingerprint density at radius 2 is 2.05 bits per heavy atom. The Labute approximate surface area is 130 Å². The molecule has 6 nitrogen and oxygen atoms in total. The highest BCUT2D eigenvalue weighted by molar-refractivity contribution is 6.01. The average Bonchev–Trinajstić information content (AvgIpc) is 3.03. The van der Waals surface area contributed by atoms with Gasteiger partial charge in [0.2, 0.25) is 5.91 Å². The topological polar surface area (TPSA) is 76.7 Å². The van der Waals surface area contributed by atoms with E-state index in [4.69, 9.17) is 9.47 Å². The molecule has 0 spiro atoms. The molecule has 120 valence electrons. The number of rotatable bonds is 5. The van der Waals surface area contributed by atoms with Crippen LogP contribution in [0.1, 0.15) is 26.7 Å². The molecule has 2 rings (SSSR count). The molecule has 0 unspecified atom stereocenters. The number of carbonyl (C=O) groups excluding carboxylic acids is 2.